The Hall–Kier alpha value is -0.630. The number of hydrogen-bond acceptors (Lipinski definition) is 2. The van der Waals surface area contributed by atoms with Gasteiger partial charge >= 0.3 is 11.9 Å². The van der Waals surface area contributed by atoms with Gasteiger partial charge in [0.25, 0.3) is 0 Å². The third kappa shape index (κ3) is 9.67. The van der Waals surface area contributed by atoms with Gasteiger partial charge in [0.1, 0.15) is 0 Å². The molecule has 0 amide bonds. The quantitative estimate of drug-likeness (QED) is 0.630. The molecular weight excluding hydrogens is 215 g/mol. The van der Waals surface area contributed by atoms with E-state index in [1.165, 1.54) is 0 Å². The minimum atomic E-state index is -0.790. The molecule has 0 aromatic heterocycles. The maximum Gasteiger partial charge on any atom is 0.303 e. The van der Waals surface area contributed by atoms with Crippen LogP contribution in [-0.2, 0) is 9.59 Å². The third-order valence-corrected chi connectivity index (χ3v) is 4.87. The lowest BCUT2D eigenvalue weighted by atomic mass is 10.3. The highest BCUT2D eigenvalue weighted by Gasteiger charge is 2.13. The van der Waals surface area contributed by atoms with Crippen molar-refractivity contribution in [2.75, 3.05) is 18.5 Å². The van der Waals surface area contributed by atoms with E-state index in [1.807, 2.05) is 0 Å². The van der Waals surface area contributed by atoms with Crippen LogP contribution in [0.2, 0.25) is 0 Å². The second-order valence-corrected chi connectivity index (χ2v) is 6.58. The van der Waals surface area contributed by atoms with Crippen LogP contribution in [0.1, 0.15) is 26.7 Å². The van der Waals surface area contributed by atoms with Crippen LogP contribution >= 0.6 is 7.92 Å². The largest absolute Gasteiger partial charge is 0.481 e. The van der Waals surface area contributed by atoms with Gasteiger partial charge in [0.05, 0.1) is 0 Å². The minimum absolute atomic E-state index is 0.165. The molecule has 88 valence electrons. The fourth-order valence-electron chi connectivity index (χ4n) is 1.32. The third-order valence-electron chi connectivity index (χ3n) is 1.91. The van der Waals surface area contributed by atoms with Crippen molar-refractivity contribution in [3.8, 4) is 0 Å². The van der Waals surface area contributed by atoms with E-state index in [1.54, 1.807) is 0 Å². The summed E-state index contributed by atoms with van der Waals surface area (Å²) in [6.07, 6.45) is 2.60. The average Bonchev–Trinajstić information content (AvgIpc) is 2.08. The normalized spacial score (nSPS) is 10.9. The Morgan fingerprint density at radius 2 is 1.47 bits per heavy atom. The Morgan fingerprint density at radius 1 is 1.07 bits per heavy atom. The minimum Gasteiger partial charge on any atom is -0.481 e. The van der Waals surface area contributed by atoms with Crippen molar-refractivity contribution >= 4 is 19.9 Å². The molecule has 0 saturated heterocycles. The van der Waals surface area contributed by atoms with E-state index in [-0.39, 0.29) is 12.8 Å². The van der Waals surface area contributed by atoms with E-state index in [9.17, 15) is 9.59 Å². The molecule has 0 heterocycles. The first-order valence-electron chi connectivity index (χ1n) is 5.07. The molecule has 15 heavy (non-hydrogen) atoms. The first kappa shape index (κ1) is 14.4. The van der Waals surface area contributed by atoms with Crippen molar-refractivity contribution in [3.05, 3.63) is 0 Å². The molecule has 2 N–H and O–H groups in total. The summed E-state index contributed by atoms with van der Waals surface area (Å²) in [5, 5.41) is 17.1. The van der Waals surface area contributed by atoms with Crippen LogP contribution in [-0.4, -0.2) is 40.6 Å². The molecule has 4 nitrogen and oxygen atoms in total. The average molecular weight is 234 g/mol. The molecule has 0 aliphatic heterocycles. The first-order chi connectivity index (χ1) is 6.91. The smallest absolute Gasteiger partial charge is 0.303 e. The zero-order valence-electron chi connectivity index (χ0n) is 9.27. The van der Waals surface area contributed by atoms with Crippen LogP contribution in [0.4, 0.5) is 0 Å². The van der Waals surface area contributed by atoms with Gasteiger partial charge in [-0.2, -0.15) is 0 Å². The lowest BCUT2D eigenvalue weighted by Gasteiger charge is -2.18. The Labute approximate surface area is 91.4 Å². The highest BCUT2D eigenvalue weighted by atomic mass is 31.1. The predicted molar refractivity (Wildman–Crippen MR) is 60.9 cm³/mol. The summed E-state index contributed by atoms with van der Waals surface area (Å²) >= 11 is 0. The Balaban J connectivity index is 3.94. The predicted octanol–water partition coefficient (Wildman–Crippen LogP) is 2.07. The van der Waals surface area contributed by atoms with E-state index < -0.39 is 19.9 Å². The Morgan fingerprint density at radius 3 is 1.73 bits per heavy atom. The first-order valence-corrected chi connectivity index (χ1v) is 6.97. The van der Waals surface area contributed by atoms with Gasteiger partial charge in [0, 0.05) is 12.8 Å². The molecule has 0 rings (SSSR count). The van der Waals surface area contributed by atoms with Crippen LogP contribution in [0.3, 0.4) is 0 Å². The lowest BCUT2D eigenvalue weighted by Crippen LogP contribution is -2.07. The van der Waals surface area contributed by atoms with Crippen molar-refractivity contribution in [3.63, 3.8) is 0 Å². The van der Waals surface area contributed by atoms with Gasteiger partial charge in [-0.3, -0.25) is 9.59 Å². The summed E-state index contributed by atoms with van der Waals surface area (Å²) in [6.45, 7) is 4.16. The van der Waals surface area contributed by atoms with Gasteiger partial charge in [-0.1, -0.05) is 13.8 Å². The molecule has 0 radical (unpaired) electrons. The van der Waals surface area contributed by atoms with Gasteiger partial charge in [-0.05, 0) is 24.4 Å². The van der Waals surface area contributed by atoms with Gasteiger partial charge in [0.2, 0.25) is 0 Å². The number of carbonyl (C=O) groups is 2. The van der Waals surface area contributed by atoms with Crippen molar-refractivity contribution < 1.29 is 19.8 Å². The summed E-state index contributed by atoms with van der Waals surface area (Å²) in [5.74, 6) is -1.07. The molecule has 0 unspecified atom stereocenters. The maximum atomic E-state index is 10.4. The fourth-order valence-corrected chi connectivity index (χ4v) is 3.95. The van der Waals surface area contributed by atoms with E-state index in [4.69, 9.17) is 10.2 Å². The fraction of sp³-hybridized carbons (Fsp3) is 0.800. The van der Waals surface area contributed by atoms with Crippen molar-refractivity contribution in [1.29, 1.82) is 0 Å². The van der Waals surface area contributed by atoms with Crippen molar-refractivity contribution in [2.45, 2.75) is 26.7 Å². The van der Waals surface area contributed by atoms with Gasteiger partial charge < -0.3 is 10.2 Å². The summed E-state index contributed by atoms with van der Waals surface area (Å²) < 4.78 is 0. The summed E-state index contributed by atoms with van der Waals surface area (Å²) in [4.78, 5) is 20.8. The van der Waals surface area contributed by atoms with Crippen LogP contribution in [0, 0.1) is 5.92 Å². The summed E-state index contributed by atoms with van der Waals surface area (Å²) in [5.41, 5.74) is 0. The number of hydrogen-bond donors (Lipinski definition) is 2. The standard InChI is InChI=1S/C10H19O4P/c1-8(2)7-15(5-3-9(11)12)6-4-10(13)14/h8H,3-7H2,1-2H3,(H,11,12)(H,13,14). The zero-order valence-corrected chi connectivity index (χ0v) is 10.2. The van der Waals surface area contributed by atoms with E-state index in [0.29, 0.717) is 18.2 Å². The van der Waals surface area contributed by atoms with E-state index >= 15 is 0 Å². The summed E-state index contributed by atoms with van der Waals surface area (Å²) in [7, 11) is -0.427. The highest BCUT2D eigenvalue weighted by molar-refractivity contribution is 7.57. The number of rotatable bonds is 8. The Bertz CT molecular complexity index is 197. The van der Waals surface area contributed by atoms with Crippen molar-refractivity contribution in [1.82, 2.24) is 0 Å². The summed E-state index contributed by atoms with van der Waals surface area (Å²) in [6, 6.07) is 0. The molecule has 0 aromatic carbocycles. The topological polar surface area (TPSA) is 74.6 Å². The second-order valence-electron chi connectivity index (χ2n) is 3.98. The van der Waals surface area contributed by atoms with Crippen LogP contribution in [0.5, 0.6) is 0 Å². The number of carboxylic acid groups (broad SMARTS) is 2. The van der Waals surface area contributed by atoms with E-state index in [0.717, 1.165) is 6.16 Å². The maximum absolute atomic E-state index is 10.4. The highest BCUT2D eigenvalue weighted by Crippen LogP contribution is 2.38. The molecule has 0 spiro atoms. The van der Waals surface area contributed by atoms with E-state index in [2.05, 4.69) is 13.8 Å². The molecule has 0 fully saturated rings. The number of aliphatic carboxylic acids is 2. The molecule has 0 aliphatic rings. The monoisotopic (exact) mass is 234 g/mol. The molecule has 0 saturated carbocycles. The molecule has 0 atom stereocenters. The number of carboxylic acids is 2. The van der Waals surface area contributed by atoms with Crippen LogP contribution in [0.25, 0.3) is 0 Å². The lowest BCUT2D eigenvalue weighted by molar-refractivity contribution is -0.137. The SMILES string of the molecule is CC(C)CP(CCC(=O)O)CCC(=O)O. The van der Waals surface area contributed by atoms with Crippen LogP contribution < -0.4 is 0 Å². The second kappa shape index (κ2) is 7.63. The Kier molecular flexibility index (Phi) is 7.31. The molecule has 0 aromatic rings. The zero-order chi connectivity index (χ0) is 11.8. The van der Waals surface area contributed by atoms with Crippen molar-refractivity contribution in [2.24, 2.45) is 5.92 Å². The molecule has 0 aliphatic carbocycles. The van der Waals surface area contributed by atoms with Gasteiger partial charge in [-0.25, -0.2) is 0 Å². The van der Waals surface area contributed by atoms with Gasteiger partial charge in [0.15, 0.2) is 0 Å². The molecular formula is C10H19O4P. The molecule has 0 bridgehead atoms. The van der Waals surface area contributed by atoms with Gasteiger partial charge in [-0.15, -0.1) is 7.92 Å². The molecule has 5 heteroatoms. The van der Waals surface area contributed by atoms with Crippen LogP contribution in [0.15, 0.2) is 0 Å².